The lowest BCUT2D eigenvalue weighted by Crippen LogP contribution is -2.08. The number of rotatable bonds is 4. The van der Waals surface area contributed by atoms with Crippen molar-refractivity contribution in [3.63, 3.8) is 0 Å². The smallest absolute Gasteiger partial charge is 0.248 e. The van der Waals surface area contributed by atoms with E-state index in [9.17, 15) is 4.79 Å². The fourth-order valence-corrected chi connectivity index (χ4v) is 2.29. The van der Waals surface area contributed by atoms with Gasteiger partial charge in [-0.15, -0.1) is 0 Å². The van der Waals surface area contributed by atoms with Crippen molar-refractivity contribution in [2.75, 3.05) is 5.32 Å². The van der Waals surface area contributed by atoms with Crippen LogP contribution in [0.5, 0.6) is 0 Å². The molecule has 1 N–H and O–H groups in total. The molecule has 0 unspecified atom stereocenters. The molecule has 0 atom stereocenters. The zero-order valence-electron chi connectivity index (χ0n) is 12.4. The van der Waals surface area contributed by atoms with E-state index >= 15 is 0 Å². The molecule has 0 aromatic heterocycles. The van der Waals surface area contributed by atoms with Crippen LogP contribution in [-0.4, -0.2) is 5.91 Å². The van der Waals surface area contributed by atoms with Crippen LogP contribution < -0.4 is 5.32 Å². The Hall–Kier alpha value is -1.77. The molecular weight excluding hydrogens is 317 g/mol. The van der Waals surface area contributed by atoms with Crippen molar-refractivity contribution >= 4 is 40.9 Å². The first kappa shape index (κ1) is 16.6. The van der Waals surface area contributed by atoms with E-state index in [2.05, 4.69) is 31.3 Å². The van der Waals surface area contributed by atoms with E-state index < -0.39 is 0 Å². The maximum Gasteiger partial charge on any atom is 0.248 e. The normalized spacial score (nSPS) is 11.1. The van der Waals surface area contributed by atoms with Gasteiger partial charge in [-0.2, -0.15) is 0 Å². The molecule has 4 heteroatoms. The van der Waals surface area contributed by atoms with Gasteiger partial charge in [-0.3, -0.25) is 4.79 Å². The van der Waals surface area contributed by atoms with Gasteiger partial charge in [0.2, 0.25) is 5.91 Å². The van der Waals surface area contributed by atoms with E-state index in [1.807, 2.05) is 12.1 Å². The lowest BCUT2D eigenvalue weighted by atomic mass is 10.0. The minimum Gasteiger partial charge on any atom is -0.321 e. The molecule has 0 saturated carbocycles. The summed E-state index contributed by atoms with van der Waals surface area (Å²) in [5.41, 5.74) is 2.74. The van der Waals surface area contributed by atoms with E-state index in [0.29, 0.717) is 21.7 Å². The first-order chi connectivity index (χ1) is 10.5. The number of benzene rings is 2. The van der Waals surface area contributed by atoms with Gasteiger partial charge in [-0.1, -0.05) is 67.4 Å². The average molecular weight is 334 g/mol. The maximum absolute atomic E-state index is 11.9. The van der Waals surface area contributed by atoms with Crippen LogP contribution in [0.25, 0.3) is 6.08 Å². The van der Waals surface area contributed by atoms with Gasteiger partial charge in [0.1, 0.15) is 0 Å². The highest BCUT2D eigenvalue weighted by Gasteiger charge is 2.06. The number of anilines is 1. The van der Waals surface area contributed by atoms with Gasteiger partial charge in [0, 0.05) is 6.08 Å². The predicted octanol–water partition coefficient (Wildman–Crippen LogP) is 5.77. The summed E-state index contributed by atoms with van der Waals surface area (Å²) in [5, 5.41) is 3.46. The molecule has 2 rings (SSSR count). The van der Waals surface area contributed by atoms with Crippen molar-refractivity contribution in [1.82, 2.24) is 0 Å². The number of hydrogen-bond donors (Lipinski definition) is 1. The summed E-state index contributed by atoms with van der Waals surface area (Å²) in [6, 6.07) is 13.2. The summed E-state index contributed by atoms with van der Waals surface area (Å²) in [6.07, 6.45) is 3.24. The van der Waals surface area contributed by atoms with Crippen molar-refractivity contribution in [1.29, 1.82) is 0 Å². The highest BCUT2D eigenvalue weighted by molar-refractivity contribution is 6.44. The third kappa shape index (κ3) is 4.36. The van der Waals surface area contributed by atoms with E-state index in [0.717, 1.165) is 5.56 Å². The minimum absolute atomic E-state index is 0.253. The summed E-state index contributed by atoms with van der Waals surface area (Å²) in [4.78, 5) is 11.9. The molecule has 2 nitrogen and oxygen atoms in total. The summed E-state index contributed by atoms with van der Waals surface area (Å²) >= 11 is 11.9. The molecule has 0 spiro atoms. The van der Waals surface area contributed by atoms with Gasteiger partial charge in [0.15, 0.2) is 0 Å². The van der Waals surface area contributed by atoms with Crippen LogP contribution in [0.1, 0.15) is 30.9 Å². The number of hydrogen-bond acceptors (Lipinski definition) is 1. The van der Waals surface area contributed by atoms with E-state index in [4.69, 9.17) is 23.2 Å². The first-order valence-electron chi connectivity index (χ1n) is 7.00. The molecule has 0 aliphatic heterocycles. The van der Waals surface area contributed by atoms with Crippen LogP contribution >= 0.6 is 23.2 Å². The predicted molar refractivity (Wildman–Crippen MR) is 94.7 cm³/mol. The molecule has 0 bridgehead atoms. The van der Waals surface area contributed by atoms with Crippen molar-refractivity contribution in [3.8, 4) is 0 Å². The number of halogens is 2. The van der Waals surface area contributed by atoms with E-state index in [1.54, 1.807) is 24.3 Å². The molecule has 22 heavy (non-hydrogen) atoms. The van der Waals surface area contributed by atoms with Gasteiger partial charge in [-0.05, 0) is 35.3 Å². The molecule has 114 valence electrons. The number of nitrogens with one attached hydrogen (secondary N) is 1. The largest absolute Gasteiger partial charge is 0.321 e. The van der Waals surface area contributed by atoms with Crippen molar-refractivity contribution < 1.29 is 4.79 Å². The van der Waals surface area contributed by atoms with Crippen LogP contribution in [0, 0.1) is 0 Å². The van der Waals surface area contributed by atoms with Gasteiger partial charge < -0.3 is 5.32 Å². The second kappa shape index (κ2) is 7.48. The Bertz CT molecular complexity index is 691. The molecule has 0 saturated heterocycles. The minimum atomic E-state index is -0.253. The van der Waals surface area contributed by atoms with Crippen molar-refractivity contribution in [3.05, 3.63) is 69.7 Å². The Morgan fingerprint density at radius 3 is 2.41 bits per heavy atom. The Kier molecular flexibility index (Phi) is 5.64. The fraction of sp³-hybridized carbons (Fsp3) is 0.167. The van der Waals surface area contributed by atoms with Crippen LogP contribution in [0.4, 0.5) is 5.69 Å². The molecular formula is C18H17Cl2NO. The molecule has 1 amide bonds. The topological polar surface area (TPSA) is 29.1 Å². The Balaban J connectivity index is 2.03. The SMILES string of the molecule is CC(C)c1ccc(/C=C/C(=O)Nc2cccc(Cl)c2Cl)cc1. The van der Waals surface area contributed by atoms with Crippen LogP contribution in [0.2, 0.25) is 10.0 Å². The molecule has 0 heterocycles. The quantitative estimate of drug-likeness (QED) is 0.707. The molecule has 0 radical (unpaired) electrons. The highest BCUT2D eigenvalue weighted by Crippen LogP contribution is 2.29. The number of carbonyl (C=O) groups is 1. The van der Waals surface area contributed by atoms with Gasteiger partial charge in [-0.25, -0.2) is 0 Å². The summed E-state index contributed by atoms with van der Waals surface area (Å²) < 4.78 is 0. The Morgan fingerprint density at radius 2 is 1.77 bits per heavy atom. The standard InChI is InChI=1S/C18H17Cl2NO/c1-12(2)14-9-6-13(7-10-14)8-11-17(22)21-16-5-3-4-15(19)18(16)20/h3-12H,1-2H3,(H,21,22)/b11-8+. The van der Waals surface area contributed by atoms with Crippen LogP contribution in [-0.2, 0) is 4.79 Å². The lowest BCUT2D eigenvalue weighted by Gasteiger charge is -2.06. The van der Waals surface area contributed by atoms with E-state index in [1.165, 1.54) is 11.6 Å². The fourth-order valence-electron chi connectivity index (χ4n) is 1.94. The Morgan fingerprint density at radius 1 is 1.09 bits per heavy atom. The van der Waals surface area contributed by atoms with Gasteiger partial charge in [0.05, 0.1) is 15.7 Å². The molecule has 0 aliphatic rings. The second-order valence-corrected chi connectivity index (χ2v) is 6.03. The van der Waals surface area contributed by atoms with Crippen LogP contribution in [0.15, 0.2) is 48.5 Å². The number of carbonyl (C=O) groups excluding carboxylic acids is 1. The first-order valence-corrected chi connectivity index (χ1v) is 7.76. The second-order valence-electron chi connectivity index (χ2n) is 5.25. The van der Waals surface area contributed by atoms with Crippen molar-refractivity contribution in [2.45, 2.75) is 19.8 Å². The summed E-state index contributed by atoms with van der Waals surface area (Å²) in [6.45, 7) is 4.29. The highest BCUT2D eigenvalue weighted by atomic mass is 35.5. The summed E-state index contributed by atoms with van der Waals surface area (Å²) in [7, 11) is 0. The molecule has 2 aromatic carbocycles. The zero-order valence-corrected chi connectivity index (χ0v) is 13.9. The van der Waals surface area contributed by atoms with E-state index in [-0.39, 0.29) is 5.91 Å². The third-order valence-corrected chi connectivity index (χ3v) is 4.06. The van der Waals surface area contributed by atoms with Crippen molar-refractivity contribution in [2.24, 2.45) is 0 Å². The zero-order chi connectivity index (χ0) is 16.1. The Labute approximate surface area is 140 Å². The molecule has 2 aromatic rings. The number of amides is 1. The third-order valence-electron chi connectivity index (χ3n) is 3.24. The average Bonchev–Trinajstić information content (AvgIpc) is 2.50. The van der Waals surface area contributed by atoms with Gasteiger partial charge >= 0.3 is 0 Å². The summed E-state index contributed by atoms with van der Waals surface area (Å²) in [5.74, 6) is 0.239. The maximum atomic E-state index is 11.9. The van der Waals surface area contributed by atoms with Crippen LogP contribution in [0.3, 0.4) is 0 Å². The molecule has 0 fully saturated rings. The van der Waals surface area contributed by atoms with Gasteiger partial charge in [0.25, 0.3) is 0 Å². The molecule has 0 aliphatic carbocycles. The monoisotopic (exact) mass is 333 g/mol. The lowest BCUT2D eigenvalue weighted by molar-refractivity contribution is -0.111.